The zero-order valence-electron chi connectivity index (χ0n) is 11.4. The molecule has 20 heavy (non-hydrogen) atoms. The number of hydrogen-bond acceptors (Lipinski definition) is 4. The number of benzene rings is 1. The maximum atomic E-state index is 12.7. The van der Waals surface area contributed by atoms with Crippen LogP contribution >= 0.6 is 0 Å². The monoisotopic (exact) mass is 300 g/mol. The quantitative estimate of drug-likeness (QED) is 0.678. The zero-order valence-corrected chi connectivity index (χ0v) is 12.2. The highest BCUT2D eigenvalue weighted by Crippen LogP contribution is 2.34. The zero-order chi connectivity index (χ0) is 15.1. The summed E-state index contributed by atoms with van der Waals surface area (Å²) >= 11 is 0. The van der Waals surface area contributed by atoms with E-state index < -0.39 is 21.9 Å². The van der Waals surface area contributed by atoms with Crippen molar-refractivity contribution in [3.63, 3.8) is 0 Å². The molecule has 0 bridgehead atoms. The lowest BCUT2D eigenvalue weighted by atomic mass is 10.1. The van der Waals surface area contributed by atoms with Gasteiger partial charge in [-0.25, -0.2) is 0 Å². The fraction of sp³-hybridized carbons (Fsp3) is 0.462. The number of halogens is 1. The first-order valence-electron chi connectivity index (χ1n) is 6.27. The molecule has 110 valence electrons. The van der Waals surface area contributed by atoms with E-state index in [1.54, 1.807) is 6.07 Å². The number of nitrogens with zero attached hydrogens (tertiary/aromatic N) is 1. The van der Waals surface area contributed by atoms with E-state index in [0.29, 0.717) is 11.4 Å². The van der Waals surface area contributed by atoms with Gasteiger partial charge >= 0.3 is 10.2 Å². The van der Waals surface area contributed by atoms with Gasteiger partial charge in [0.05, 0.1) is 17.1 Å². The maximum Gasteiger partial charge on any atom is 0.302 e. The van der Waals surface area contributed by atoms with Crippen molar-refractivity contribution < 1.29 is 17.1 Å². The Hall–Kier alpha value is -1.63. The van der Waals surface area contributed by atoms with E-state index in [2.05, 4.69) is 0 Å². The van der Waals surface area contributed by atoms with Crippen molar-refractivity contribution in [3.05, 3.63) is 23.3 Å². The van der Waals surface area contributed by atoms with E-state index in [4.69, 9.17) is 5.73 Å². The molecule has 1 aliphatic heterocycles. The molecule has 0 saturated carbocycles. The number of nitrogens with two attached hydrogens (primary N) is 1. The molecule has 1 unspecified atom stereocenters. The first kappa shape index (κ1) is 14.8. The Labute approximate surface area is 117 Å². The van der Waals surface area contributed by atoms with E-state index >= 15 is 0 Å². The van der Waals surface area contributed by atoms with E-state index in [1.165, 1.54) is 4.90 Å². The van der Waals surface area contributed by atoms with Crippen LogP contribution in [0.5, 0.6) is 0 Å². The first-order chi connectivity index (χ1) is 9.17. The Kier molecular flexibility index (Phi) is 3.73. The lowest BCUT2D eigenvalue weighted by Crippen LogP contribution is -2.27. The molecular weight excluding hydrogens is 283 g/mol. The summed E-state index contributed by atoms with van der Waals surface area (Å²) in [5.74, 6) is -1.38. The van der Waals surface area contributed by atoms with Crippen LogP contribution in [0.1, 0.15) is 17.5 Å². The summed E-state index contributed by atoms with van der Waals surface area (Å²) in [6, 6.07) is 3.66. The van der Waals surface area contributed by atoms with Crippen LogP contribution in [0.4, 0.5) is 15.3 Å². The predicted molar refractivity (Wildman–Crippen MR) is 75.7 cm³/mol. The van der Waals surface area contributed by atoms with Crippen molar-refractivity contribution >= 4 is 27.5 Å². The van der Waals surface area contributed by atoms with Gasteiger partial charge in [-0.2, -0.15) is 8.42 Å². The van der Waals surface area contributed by atoms with Crippen molar-refractivity contribution in [2.24, 2.45) is 5.92 Å². The van der Waals surface area contributed by atoms with E-state index in [-0.39, 0.29) is 18.9 Å². The Balaban J connectivity index is 2.29. The largest absolute Gasteiger partial charge is 0.397 e. The summed E-state index contributed by atoms with van der Waals surface area (Å²) in [5.41, 5.74) is 8.85. The van der Waals surface area contributed by atoms with Gasteiger partial charge in [0.15, 0.2) is 0 Å². The second-order valence-electron chi connectivity index (χ2n) is 5.30. The molecular formula is C13H17FN2O3S. The summed E-state index contributed by atoms with van der Waals surface area (Å²) in [5, 5.41) is 0. The van der Waals surface area contributed by atoms with Crippen LogP contribution < -0.4 is 10.6 Å². The molecule has 0 radical (unpaired) electrons. The van der Waals surface area contributed by atoms with Crippen LogP contribution in [0.25, 0.3) is 0 Å². The summed E-state index contributed by atoms with van der Waals surface area (Å²) in [6.07, 6.45) is 0.0237. The highest BCUT2D eigenvalue weighted by molar-refractivity contribution is 7.86. The van der Waals surface area contributed by atoms with Crippen molar-refractivity contribution in [2.75, 3.05) is 22.9 Å². The van der Waals surface area contributed by atoms with E-state index in [0.717, 1.165) is 11.1 Å². The molecule has 0 aromatic heterocycles. The van der Waals surface area contributed by atoms with Crippen LogP contribution in [0, 0.1) is 19.8 Å². The average Bonchev–Trinajstić information content (AvgIpc) is 2.55. The molecule has 0 aliphatic carbocycles. The summed E-state index contributed by atoms with van der Waals surface area (Å²) < 4.78 is 34.1. The maximum absolute atomic E-state index is 12.7. The van der Waals surface area contributed by atoms with Crippen LogP contribution in [-0.4, -0.2) is 26.6 Å². The number of carbonyl (C=O) groups excluding carboxylic acids is 1. The molecule has 2 rings (SSSR count). The third-order valence-corrected chi connectivity index (χ3v) is 4.25. The Morgan fingerprint density at radius 3 is 2.60 bits per heavy atom. The number of hydrogen-bond donors (Lipinski definition) is 1. The minimum atomic E-state index is -4.57. The lowest BCUT2D eigenvalue weighted by Gasteiger charge is -2.21. The highest BCUT2D eigenvalue weighted by atomic mass is 32.3. The molecule has 1 aromatic carbocycles. The second-order valence-corrected chi connectivity index (χ2v) is 6.71. The smallest absolute Gasteiger partial charge is 0.302 e. The minimum absolute atomic E-state index is 0.0237. The highest BCUT2D eigenvalue weighted by Gasteiger charge is 2.35. The van der Waals surface area contributed by atoms with E-state index in [9.17, 15) is 17.1 Å². The molecule has 1 saturated heterocycles. The topological polar surface area (TPSA) is 80.5 Å². The fourth-order valence-electron chi connectivity index (χ4n) is 2.75. The SMILES string of the molecule is Cc1cc(C)c(N2CC(CS(=O)(=O)F)CC2=O)c(N)c1. The minimum Gasteiger partial charge on any atom is -0.397 e. The molecule has 1 atom stereocenters. The second kappa shape index (κ2) is 5.05. The third-order valence-electron chi connectivity index (χ3n) is 3.38. The molecule has 1 aliphatic rings. The van der Waals surface area contributed by atoms with Crippen molar-refractivity contribution in [3.8, 4) is 0 Å². The van der Waals surface area contributed by atoms with Gasteiger partial charge in [-0.1, -0.05) is 6.07 Å². The van der Waals surface area contributed by atoms with Crippen molar-refractivity contribution in [1.82, 2.24) is 0 Å². The molecule has 5 nitrogen and oxygen atoms in total. The van der Waals surface area contributed by atoms with Gasteiger partial charge in [0.25, 0.3) is 0 Å². The van der Waals surface area contributed by atoms with E-state index in [1.807, 2.05) is 19.9 Å². The van der Waals surface area contributed by atoms with Crippen LogP contribution in [-0.2, 0) is 15.0 Å². The molecule has 1 aromatic rings. The normalized spacial score (nSPS) is 19.6. The molecule has 7 heteroatoms. The number of amides is 1. The first-order valence-corrected chi connectivity index (χ1v) is 7.82. The van der Waals surface area contributed by atoms with Crippen LogP contribution in [0.2, 0.25) is 0 Å². The fourth-order valence-corrected chi connectivity index (χ4v) is 3.54. The summed E-state index contributed by atoms with van der Waals surface area (Å²) in [4.78, 5) is 13.5. The summed E-state index contributed by atoms with van der Waals surface area (Å²) in [7, 11) is -4.57. The number of rotatable bonds is 3. The summed E-state index contributed by atoms with van der Waals surface area (Å²) in [6.45, 7) is 3.92. The number of carbonyl (C=O) groups is 1. The molecule has 1 fully saturated rings. The number of anilines is 2. The molecule has 2 N–H and O–H groups in total. The predicted octanol–water partition coefficient (Wildman–Crippen LogP) is 1.54. The Bertz CT molecular complexity index is 635. The number of nitrogen functional groups attached to an aromatic ring is 1. The van der Waals surface area contributed by atoms with Gasteiger partial charge < -0.3 is 10.6 Å². The van der Waals surface area contributed by atoms with Gasteiger partial charge in [0.1, 0.15) is 0 Å². The average molecular weight is 300 g/mol. The third kappa shape index (κ3) is 3.09. The van der Waals surface area contributed by atoms with Crippen LogP contribution in [0.15, 0.2) is 12.1 Å². The van der Waals surface area contributed by atoms with Gasteiger partial charge in [0, 0.05) is 18.9 Å². The standard InChI is InChI=1S/C13H17FN2O3S/c1-8-3-9(2)13(11(15)4-8)16-6-10(5-12(16)17)7-20(14,18)19/h3-4,10H,5-7,15H2,1-2H3. The van der Waals surface area contributed by atoms with Gasteiger partial charge in [0.2, 0.25) is 5.91 Å². The van der Waals surface area contributed by atoms with Gasteiger partial charge in [-0.3, -0.25) is 4.79 Å². The van der Waals surface area contributed by atoms with Crippen molar-refractivity contribution in [1.29, 1.82) is 0 Å². The number of aryl methyl sites for hydroxylation is 2. The van der Waals surface area contributed by atoms with Crippen LogP contribution in [0.3, 0.4) is 0 Å². The van der Waals surface area contributed by atoms with Crippen molar-refractivity contribution in [2.45, 2.75) is 20.3 Å². The molecule has 0 spiro atoms. The Morgan fingerprint density at radius 1 is 1.40 bits per heavy atom. The Morgan fingerprint density at radius 2 is 2.05 bits per heavy atom. The van der Waals surface area contributed by atoms with Gasteiger partial charge in [-0.05, 0) is 31.0 Å². The molecule has 1 heterocycles. The van der Waals surface area contributed by atoms with Gasteiger partial charge in [-0.15, -0.1) is 3.89 Å². The molecule has 1 amide bonds. The lowest BCUT2D eigenvalue weighted by molar-refractivity contribution is -0.117.